The topological polar surface area (TPSA) is 63.2 Å². The SMILES string of the molecule is CN1C(=O)c2ccnnc2C1=O. The number of hydrogen-bond acceptors (Lipinski definition) is 4. The van der Waals surface area contributed by atoms with E-state index < -0.39 is 0 Å². The first-order chi connectivity index (χ1) is 5.72. The third kappa shape index (κ3) is 0.674. The Hall–Kier alpha value is -1.78. The molecular weight excluding hydrogens is 158 g/mol. The first-order valence-electron chi connectivity index (χ1n) is 3.36. The number of carbonyl (C=O) groups is 2. The van der Waals surface area contributed by atoms with Crippen molar-refractivity contribution in [2.45, 2.75) is 0 Å². The number of imide groups is 1. The Bertz CT molecular complexity index is 340. The van der Waals surface area contributed by atoms with Crippen LogP contribution in [0.15, 0.2) is 12.3 Å². The summed E-state index contributed by atoms with van der Waals surface area (Å²) in [4.78, 5) is 23.5. The predicted octanol–water partition coefficient (Wildman–Crippen LogP) is -0.298. The molecule has 0 saturated carbocycles. The Balaban J connectivity index is 2.67. The highest BCUT2D eigenvalue weighted by molar-refractivity contribution is 6.19. The first-order valence-corrected chi connectivity index (χ1v) is 3.36. The van der Waals surface area contributed by atoms with Crippen molar-refractivity contribution in [3.05, 3.63) is 23.5 Å². The van der Waals surface area contributed by atoms with E-state index in [9.17, 15) is 9.59 Å². The van der Waals surface area contributed by atoms with Crippen LogP contribution in [0.25, 0.3) is 0 Å². The molecule has 5 nitrogen and oxygen atoms in total. The molecule has 0 saturated heterocycles. The lowest BCUT2D eigenvalue weighted by atomic mass is 10.2. The summed E-state index contributed by atoms with van der Waals surface area (Å²) in [5.41, 5.74) is 0.475. The fourth-order valence-corrected chi connectivity index (χ4v) is 1.09. The van der Waals surface area contributed by atoms with Gasteiger partial charge in [0.05, 0.1) is 11.8 Å². The number of nitrogens with zero attached hydrogens (tertiary/aromatic N) is 3. The van der Waals surface area contributed by atoms with Gasteiger partial charge >= 0.3 is 0 Å². The summed E-state index contributed by atoms with van der Waals surface area (Å²) in [6.45, 7) is 0. The largest absolute Gasteiger partial charge is 0.281 e. The van der Waals surface area contributed by atoms with Gasteiger partial charge in [0.2, 0.25) is 0 Å². The average Bonchev–Trinajstić information content (AvgIpc) is 2.33. The Morgan fingerprint density at radius 2 is 2.08 bits per heavy atom. The number of rotatable bonds is 0. The van der Waals surface area contributed by atoms with E-state index in [-0.39, 0.29) is 17.5 Å². The summed E-state index contributed by atoms with van der Waals surface area (Å²) in [7, 11) is 1.42. The molecule has 2 amide bonds. The number of hydrogen-bond donors (Lipinski definition) is 0. The maximum Gasteiger partial charge on any atom is 0.281 e. The van der Waals surface area contributed by atoms with Crippen LogP contribution in [0.3, 0.4) is 0 Å². The average molecular weight is 163 g/mol. The van der Waals surface area contributed by atoms with Crippen LogP contribution in [0.4, 0.5) is 0 Å². The third-order valence-electron chi connectivity index (χ3n) is 1.76. The van der Waals surface area contributed by atoms with E-state index >= 15 is 0 Å². The quantitative estimate of drug-likeness (QED) is 0.492. The van der Waals surface area contributed by atoms with Gasteiger partial charge < -0.3 is 0 Å². The molecule has 12 heavy (non-hydrogen) atoms. The smallest absolute Gasteiger partial charge is 0.276 e. The van der Waals surface area contributed by atoms with Crippen molar-refractivity contribution in [3.8, 4) is 0 Å². The lowest BCUT2D eigenvalue weighted by molar-refractivity contribution is 0.0691. The van der Waals surface area contributed by atoms with Crippen molar-refractivity contribution < 1.29 is 9.59 Å². The van der Waals surface area contributed by atoms with E-state index in [4.69, 9.17) is 0 Å². The van der Waals surface area contributed by atoms with Crippen molar-refractivity contribution in [2.24, 2.45) is 0 Å². The molecule has 1 aliphatic rings. The van der Waals surface area contributed by atoms with Crippen LogP contribution in [0, 0.1) is 0 Å². The van der Waals surface area contributed by atoms with Crippen molar-refractivity contribution in [1.82, 2.24) is 15.1 Å². The van der Waals surface area contributed by atoms with Gasteiger partial charge in [-0.25, -0.2) is 0 Å². The molecule has 60 valence electrons. The standard InChI is InChI=1S/C7H5N3O2/c1-10-6(11)4-2-3-8-9-5(4)7(10)12/h2-3H,1H3. The van der Waals surface area contributed by atoms with Crippen LogP contribution in [0.2, 0.25) is 0 Å². The fraction of sp³-hybridized carbons (Fsp3) is 0.143. The third-order valence-corrected chi connectivity index (χ3v) is 1.76. The molecule has 0 spiro atoms. The van der Waals surface area contributed by atoms with Gasteiger partial charge in [-0.2, -0.15) is 5.10 Å². The highest BCUT2D eigenvalue weighted by Gasteiger charge is 2.34. The number of carbonyl (C=O) groups excluding carboxylic acids is 2. The molecule has 0 unspecified atom stereocenters. The van der Waals surface area contributed by atoms with E-state index in [1.54, 1.807) is 0 Å². The van der Waals surface area contributed by atoms with E-state index in [1.165, 1.54) is 19.3 Å². The van der Waals surface area contributed by atoms with E-state index in [0.717, 1.165) is 4.90 Å². The normalized spacial score (nSPS) is 15.2. The van der Waals surface area contributed by atoms with Gasteiger partial charge in [-0.1, -0.05) is 0 Å². The Labute approximate surface area is 68.0 Å². The number of amides is 2. The van der Waals surface area contributed by atoms with Crippen LogP contribution in [-0.2, 0) is 0 Å². The zero-order valence-corrected chi connectivity index (χ0v) is 6.31. The van der Waals surface area contributed by atoms with E-state index in [2.05, 4.69) is 10.2 Å². The van der Waals surface area contributed by atoms with Crippen molar-refractivity contribution >= 4 is 11.8 Å². The molecule has 0 N–H and O–H groups in total. The van der Waals surface area contributed by atoms with Crippen LogP contribution in [0.5, 0.6) is 0 Å². The summed E-state index contributed by atoms with van der Waals surface area (Å²) in [6, 6.07) is 1.49. The molecule has 0 radical (unpaired) electrons. The Morgan fingerprint density at radius 3 is 2.75 bits per heavy atom. The highest BCUT2D eigenvalue weighted by Crippen LogP contribution is 2.17. The van der Waals surface area contributed by atoms with Gasteiger partial charge in [-0.15, -0.1) is 5.10 Å². The molecule has 1 aromatic heterocycles. The molecule has 2 rings (SSSR count). The van der Waals surface area contributed by atoms with Gasteiger partial charge in [0.15, 0.2) is 5.69 Å². The second-order valence-electron chi connectivity index (χ2n) is 2.46. The first kappa shape index (κ1) is 6.90. The van der Waals surface area contributed by atoms with E-state index in [0.29, 0.717) is 5.56 Å². The summed E-state index contributed by atoms with van der Waals surface area (Å²) < 4.78 is 0. The number of fused-ring (bicyclic) bond motifs is 1. The predicted molar refractivity (Wildman–Crippen MR) is 38.5 cm³/mol. The summed E-state index contributed by atoms with van der Waals surface area (Å²) in [5, 5.41) is 7.10. The van der Waals surface area contributed by atoms with Crippen LogP contribution < -0.4 is 0 Å². The fourth-order valence-electron chi connectivity index (χ4n) is 1.09. The van der Waals surface area contributed by atoms with Gasteiger partial charge in [0.1, 0.15) is 0 Å². The Kier molecular flexibility index (Phi) is 1.21. The van der Waals surface area contributed by atoms with Gasteiger partial charge in [0.25, 0.3) is 11.8 Å². The maximum absolute atomic E-state index is 11.2. The lowest BCUT2D eigenvalue weighted by Crippen LogP contribution is -2.24. The molecule has 0 fully saturated rings. The highest BCUT2D eigenvalue weighted by atomic mass is 16.2. The Morgan fingerprint density at radius 1 is 1.33 bits per heavy atom. The molecule has 5 heteroatoms. The zero-order valence-electron chi connectivity index (χ0n) is 6.31. The van der Waals surface area contributed by atoms with Crippen LogP contribution >= 0.6 is 0 Å². The summed E-state index contributed by atoms with van der Waals surface area (Å²) >= 11 is 0. The maximum atomic E-state index is 11.2. The van der Waals surface area contributed by atoms with Gasteiger partial charge in [-0.05, 0) is 6.07 Å². The van der Waals surface area contributed by atoms with Gasteiger partial charge in [-0.3, -0.25) is 14.5 Å². The molecule has 0 atom stereocenters. The van der Waals surface area contributed by atoms with Crippen molar-refractivity contribution in [1.29, 1.82) is 0 Å². The van der Waals surface area contributed by atoms with Crippen LogP contribution in [0.1, 0.15) is 20.8 Å². The minimum absolute atomic E-state index is 0.144. The van der Waals surface area contributed by atoms with Crippen molar-refractivity contribution in [3.63, 3.8) is 0 Å². The van der Waals surface area contributed by atoms with E-state index in [1.807, 2.05) is 0 Å². The second-order valence-corrected chi connectivity index (χ2v) is 2.46. The molecule has 1 aromatic rings. The summed E-state index contributed by atoms with van der Waals surface area (Å²) in [6.07, 6.45) is 1.39. The lowest BCUT2D eigenvalue weighted by Gasteiger charge is -2.01. The molecule has 0 bridgehead atoms. The zero-order chi connectivity index (χ0) is 8.72. The molecular formula is C7H5N3O2. The summed E-state index contributed by atoms with van der Waals surface area (Å²) in [5.74, 6) is -0.701. The molecule has 1 aliphatic heterocycles. The monoisotopic (exact) mass is 163 g/mol. The second kappa shape index (κ2) is 2.10. The minimum atomic E-state index is -0.386. The minimum Gasteiger partial charge on any atom is -0.276 e. The number of aromatic nitrogens is 2. The molecule has 0 aliphatic carbocycles. The molecule has 0 aromatic carbocycles. The van der Waals surface area contributed by atoms with Crippen molar-refractivity contribution in [2.75, 3.05) is 7.05 Å². The van der Waals surface area contributed by atoms with Gasteiger partial charge in [0, 0.05) is 7.05 Å². The van der Waals surface area contributed by atoms with Crippen LogP contribution in [-0.4, -0.2) is 34.0 Å². The molecule has 2 heterocycles.